The number of alkyl halides is 17. The number of likely N-dealkylation sites (tertiary alicyclic amines) is 1. The van der Waals surface area contributed by atoms with Crippen LogP contribution >= 0.6 is 0 Å². The minimum Gasteiger partial charge on any atom is -0.354 e. The predicted octanol–water partition coefficient (Wildman–Crippen LogP) is 6.00. The van der Waals surface area contributed by atoms with Gasteiger partial charge in [0.1, 0.15) is 0 Å². The molecule has 0 radical (unpaired) electrons. The lowest BCUT2D eigenvalue weighted by Gasteiger charge is -2.69. The van der Waals surface area contributed by atoms with Crippen molar-refractivity contribution in [3.63, 3.8) is 0 Å². The number of nitrogens with zero attached hydrogens (tertiary/aromatic N) is 1. The van der Waals surface area contributed by atoms with Gasteiger partial charge in [0.15, 0.2) is 17.1 Å². The summed E-state index contributed by atoms with van der Waals surface area (Å²) < 4.78 is 318. The Labute approximate surface area is 218 Å². The molecule has 3 aliphatic carbocycles. The lowest BCUT2D eigenvalue weighted by atomic mass is 9.43. The number of piperidine rings is 1. The highest BCUT2D eigenvalue weighted by Crippen LogP contribution is 2.89. The van der Waals surface area contributed by atoms with Crippen LogP contribution in [-0.2, 0) is 4.74 Å². The van der Waals surface area contributed by atoms with E-state index < -0.39 is 110 Å². The van der Waals surface area contributed by atoms with Crippen LogP contribution in [0.5, 0.6) is 0 Å². The van der Waals surface area contributed by atoms with Gasteiger partial charge in [-0.3, -0.25) is 0 Å². The Morgan fingerprint density at radius 1 is 0.651 bits per heavy atom. The SMILES string of the molecule is OC1(F)C(F)=C(F)C2=C3C1(C(F)(F)F)O[C@]1(F)[C@]34C(F)(F)C(F)(F)N(C(F)(F)F)[C@](F)(C2(F)F)[C@]4(F)C(F)=C(F)[C@@]1(O)F. The van der Waals surface area contributed by atoms with E-state index >= 15 is 43.9 Å². The minimum atomic E-state index is -8.42. The quantitative estimate of drug-likeness (QED) is 0.244. The lowest BCUT2D eigenvalue weighted by molar-refractivity contribution is -0.536. The summed E-state index contributed by atoms with van der Waals surface area (Å²) >= 11 is 0. The summed E-state index contributed by atoms with van der Waals surface area (Å²) in [4.78, 5) is -4.37. The van der Waals surface area contributed by atoms with Crippen LogP contribution in [0.15, 0.2) is 34.5 Å². The molecule has 7 atom stereocenters. The third kappa shape index (κ3) is 2.34. The van der Waals surface area contributed by atoms with Gasteiger partial charge >= 0.3 is 42.1 Å². The maximum atomic E-state index is 16.6. The van der Waals surface area contributed by atoms with E-state index in [2.05, 4.69) is 4.74 Å². The number of hydrogen-bond donors (Lipinski definition) is 2. The molecule has 2 aliphatic heterocycles. The molecular weight excluding hydrogens is 677 g/mol. The van der Waals surface area contributed by atoms with Crippen molar-refractivity contribution in [2.75, 3.05) is 0 Å². The van der Waals surface area contributed by atoms with Crippen LogP contribution in [-0.4, -0.2) is 80.1 Å². The average molecular weight is 679 g/mol. The third-order valence-corrected chi connectivity index (χ3v) is 7.93. The second kappa shape index (κ2) is 7.03. The van der Waals surface area contributed by atoms with Gasteiger partial charge in [0.05, 0.1) is 5.57 Å². The summed E-state index contributed by atoms with van der Waals surface area (Å²) in [7, 11) is 0. The molecule has 43 heavy (non-hydrogen) atoms. The van der Waals surface area contributed by atoms with Crippen LogP contribution in [0.1, 0.15) is 0 Å². The van der Waals surface area contributed by atoms with Gasteiger partial charge in [0.25, 0.3) is 17.2 Å². The normalized spacial score (nSPS) is 48.6. The topological polar surface area (TPSA) is 52.9 Å². The Balaban J connectivity index is 2.30. The van der Waals surface area contributed by atoms with E-state index in [0.717, 1.165) is 0 Å². The first-order valence-electron chi connectivity index (χ1n) is 10.2. The number of halogens is 21. The second-order valence-electron chi connectivity index (χ2n) is 9.65. The van der Waals surface area contributed by atoms with Gasteiger partial charge in [-0.15, -0.1) is 4.90 Å². The zero-order chi connectivity index (χ0) is 33.7. The fraction of sp³-hybridized carbons (Fsp3) is 0.667. The molecule has 0 aromatic rings. The molecule has 0 amide bonds. The number of ether oxygens (including phenoxy) is 1. The average Bonchev–Trinajstić information content (AvgIpc) is 3.08. The maximum absolute atomic E-state index is 16.6. The molecule has 2 unspecified atom stereocenters. The van der Waals surface area contributed by atoms with Gasteiger partial charge in [0.2, 0.25) is 17.3 Å². The van der Waals surface area contributed by atoms with E-state index in [9.17, 15) is 58.5 Å². The van der Waals surface area contributed by atoms with Crippen molar-refractivity contribution in [1.82, 2.24) is 4.90 Å². The number of rotatable bonds is 0. The van der Waals surface area contributed by atoms with Gasteiger partial charge in [-0.05, 0) is 0 Å². The molecule has 5 aliphatic rings. The van der Waals surface area contributed by atoms with E-state index in [1.165, 1.54) is 0 Å². The molecular formula is C18H2F21NO3. The Kier molecular flexibility index (Phi) is 5.23. The van der Waals surface area contributed by atoms with Crippen LogP contribution in [0.25, 0.3) is 0 Å². The zero-order valence-corrected chi connectivity index (χ0v) is 18.7. The Hall–Kier alpha value is -2.41. The standard InChI is InChI=1S/C18H2F21NO3/c19-2-1-3-7-8(23,14(30,10(1,24)25)40(18(37,38)39)17(35,36)13(7,28)29)5(21)6(22)12(27,42)15(7,31)43-9(3,16(32,33)34)11(26,41)4(2)20/h41-42H/t7-,8+,9?,11?,12+,14+,15-/m1/s1. The molecule has 0 saturated carbocycles. The highest BCUT2D eigenvalue weighted by molar-refractivity contribution is 5.69. The van der Waals surface area contributed by atoms with Crippen LogP contribution in [0.2, 0.25) is 0 Å². The molecule has 1 spiro atoms. The van der Waals surface area contributed by atoms with Crippen molar-refractivity contribution in [3.8, 4) is 0 Å². The Morgan fingerprint density at radius 3 is 1.53 bits per heavy atom. The first kappa shape index (κ1) is 32.0. The molecule has 2 saturated heterocycles. The third-order valence-electron chi connectivity index (χ3n) is 7.93. The van der Waals surface area contributed by atoms with Gasteiger partial charge in [-0.1, -0.05) is 0 Å². The molecule has 2 bridgehead atoms. The summed E-state index contributed by atoms with van der Waals surface area (Å²) in [6.07, 6.45) is -15.9. The van der Waals surface area contributed by atoms with Gasteiger partial charge in [-0.25, -0.2) is 35.1 Å². The summed E-state index contributed by atoms with van der Waals surface area (Å²) in [6.45, 7) is 0. The number of aliphatic hydroxyl groups is 2. The van der Waals surface area contributed by atoms with Crippen molar-refractivity contribution in [3.05, 3.63) is 34.5 Å². The smallest absolute Gasteiger partial charge is 0.354 e. The van der Waals surface area contributed by atoms with Crippen molar-refractivity contribution < 1.29 is 107 Å². The van der Waals surface area contributed by atoms with Crippen molar-refractivity contribution >= 4 is 0 Å². The minimum absolute atomic E-state index is 2.75. The van der Waals surface area contributed by atoms with Crippen LogP contribution in [0, 0.1) is 5.41 Å². The van der Waals surface area contributed by atoms with Crippen molar-refractivity contribution in [2.45, 2.75) is 65.0 Å². The molecule has 2 fully saturated rings. The van der Waals surface area contributed by atoms with Crippen molar-refractivity contribution in [1.29, 1.82) is 0 Å². The lowest BCUT2D eigenvalue weighted by Crippen LogP contribution is -2.95. The van der Waals surface area contributed by atoms with E-state index in [-0.39, 0.29) is 0 Å². The maximum Gasteiger partial charge on any atom is 0.467 e. The van der Waals surface area contributed by atoms with Crippen LogP contribution in [0.3, 0.4) is 0 Å². The molecule has 2 heterocycles. The molecule has 0 aromatic heterocycles. The molecule has 0 aromatic carbocycles. The zero-order valence-electron chi connectivity index (χ0n) is 18.7. The molecule has 4 nitrogen and oxygen atoms in total. The highest BCUT2D eigenvalue weighted by atomic mass is 19.4. The van der Waals surface area contributed by atoms with E-state index in [0.29, 0.717) is 0 Å². The Bertz CT molecular complexity index is 1470. The monoisotopic (exact) mass is 679 g/mol. The Morgan fingerprint density at radius 2 is 1.12 bits per heavy atom. The second-order valence-corrected chi connectivity index (χ2v) is 9.65. The van der Waals surface area contributed by atoms with Crippen molar-refractivity contribution in [2.24, 2.45) is 5.41 Å². The molecule has 244 valence electrons. The largest absolute Gasteiger partial charge is 0.467 e. The number of allylic oxidation sites excluding steroid dienone is 1. The molecule has 2 N–H and O–H groups in total. The van der Waals surface area contributed by atoms with Crippen LogP contribution in [0.4, 0.5) is 92.2 Å². The van der Waals surface area contributed by atoms with Gasteiger partial charge < -0.3 is 14.9 Å². The van der Waals surface area contributed by atoms with Gasteiger partial charge in [-0.2, -0.15) is 57.1 Å². The molecule has 5 rings (SSSR count). The first-order valence-corrected chi connectivity index (χ1v) is 10.2. The summed E-state index contributed by atoms with van der Waals surface area (Å²) in [6, 6.07) is -8.30. The first-order chi connectivity index (χ1) is 18.7. The summed E-state index contributed by atoms with van der Waals surface area (Å²) in [5, 5.41) is 19.1. The fourth-order valence-electron chi connectivity index (χ4n) is 6.41. The summed E-state index contributed by atoms with van der Waals surface area (Å²) in [5.41, 5.74) is -32.6. The number of hydrogen-bond acceptors (Lipinski definition) is 4. The summed E-state index contributed by atoms with van der Waals surface area (Å²) in [5.74, 6) is -65.3. The van der Waals surface area contributed by atoms with E-state index in [4.69, 9.17) is 0 Å². The van der Waals surface area contributed by atoms with E-state index in [1.54, 1.807) is 0 Å². The van der Waals surface area contributed by atoms with E-state index in [1.807, 2.05) is 0 Å². The molecule has 25 heteroatoms. The highest BCUT2D eigenvalue weighted by Gasteiger charge is 3.12. The van der Waals surface area contributed by atoms with Crippen LogP contribution < -0.4 is 0 Å². The van der Waals surface area contributed by atoms with Gasteiger partial charge in [0, 0.05) is 5.57 Å². The fourth-order valence-corrected chi connectivity index (χ4v) is 6.41. The predicted molar refractivity (Wildman–Crippen MR) is 84.2 cm³/mol.